The normalized spacial score (nSPS) is 32.9. The molecule has 4 heteroatoms. The van der Waals surface area contributed by atoms with Gasteiger partial charge in [0.1, 0.15) is 0 Å². The van der Waals surface area contributed by atoms with Crippen LogP contribution in [0, 0.1) is 17.8 Å². The zero-order valence-corrected chi connectivity index (χ0v) is 10.5. The lowest BCUT2D eigenvalue weighted by atomic mass is 10.0. The molecule has 2 rings (SSSR count). The zero-order chi connectivity index (χ0) is 10.3. The molecule has 0 bridgehead atoms. The molecule has 0 aromatic carbocycles. The summed E-state index contributed by atoms with van der Waals surface area (Å²) >= 11 is 0. The number of piperidine rings is 1. The van der Waals surface area contributed by atoms with Crippen molar-refractivity contribution in [1.82, 2.24) is 10.6 Å². The van der Waals surface area contributed by atoms with E-state index in [0.29, 0.717) is 17.8 Å². The largest absolute Gasteiger partial charge is 0.351 e. The Kier molecular flexibility index (Phi) is 3.67. The molecular formula is C11H21ClN2O. The molecule has 1 amide bonds. The summed E-state index contributed by atoms with van der Waals surface area (Å²) in [5, 5.41) is 6.43. The average molecular weight is 233 g/mol. The topological polar surface area (TPSA) is 41.1 Å². The average Bonchev–Trinajstić information content (AvgIpc) is 2.61. The van der Waals surface area contributed by atoms with Crippen LogP contribution in [0.15, 0.2) is 0 Å². The molecule has 0 radical (unpaired) electrons. The van der Waals surface area contributed by atoms with Crippen LogP contribution in [0.5, 0.6) is 0 Å². The van der Waals surface area contributed by atoms with Crippen molar-refractivity contribution in [3.63, 3.8) is 0 Å². The molecule has 3 atom stereocenters. The Balaban J connectivity index is 0.00000112. The summed E-state index contributed by atoms with van der Waals surface area (Å²) < 4.78 is 0. The van der Waals surface area contributed by atoms with Gasteiger partial charge in [0.05, 0.1) is 0 Å². The van der Waals surface area contributed by atoms with Crippen molar-refractivity contribution in [2.75, 3.05) is 13.1 Å². The van der Waals surface area contributed by atoms with Gasteiger partial charge in [-0.15, -0.1) is 12.4 Å². The number of halogens is 1. The molecule has 1 saturated carbocycles. The van der Waals surface area contributed by atoms with E-state index in [1.54, 1.807) is 0 Å². The third kappa shape index (κ3) is 2.45. The molecule has 1 saturated heterocycles. The highest BCUT2D eigenvalue weighted by Gasteiger charge is 2.57. The van der Waals surface area contributed by atoms with Crippen molar-refractivity contribution in [3.05, 3.63) is 0 Å². The van der Waals surface area contributed by atoms with Crippen LogP contribution >= 0.6 is 12.4 Å². The van der Waals surface area contributed by atoms with Crippen molar-refractivity contribution in [1.29, 1.82) is 0 Å². The smallest absolute Gasteiger partial charge is 0.224 e. The van der Waals surface area contributed by atoms with E-state index in [0.717, 1.165) is 19.5 Å². The molecule has 2 fully saturated rings. The summed E-state index contributed by atoms with van der Waals surface area (Å²) in [4.78, 5) is 11.9. The first-order chi connectivity index (χ1) is 6.55. The minimum Gasteiger partial charge on any atom is -0.351 e. The van der Waals surface area contributed by atoms with E-state index < -0.39 is 0 Å². The molecule has 0 aromatic heterocycles. The number of rotatable bonds is 3. The first-order valence-electron chi connectivity index (χ1n) is 5.58. The minimum absolute atomic E-state index is 0. The second kappa shape index (κ2) is 4.30. The lowest BCUT2D eigenvalue weighted by molar-refractivity contribution is -0.124. The summed E-state index contributed by atoms with van der Waals surface area (Å²) in [6, 6.07) is 0. The third-order valence-corrected chi connectivity index (χ3v) is 3.74. The van der Waals surface area contributed by atoms with Gasteiger partial charge in [-0.3, -0.25) is 4.79 Å². The molecule has 2 aliphatic rings. The minimum atomic E-state index is -0.0403. The zero-order valence-electron chi connectivity index (χ0n) is 9.67. The molecule has 1 unspecified atom stereocenters. The summed E-state index contributed by atoms with van der Waals surface area (Å²) in [5.41, 5.74) is -0.0403. The molecular weight excluding hydrogens is 212 g/mol. The molecule has 15 heavy (non-hydrogen) atoms. The standard InChI is InChI=1S/C11H20N2O.ClH/c1-4-11(2,3)13-10(14)9-7-5-12-6-8(7)9;/h7-9,12H,4-6H2,1-3H3,(H,13,14);1H/t7-,8+,9?;. The van der Waals surface area contributed by atoms with E-state index >= 15 is 0 Å². The quantitative estimate of drug-likeness (QED) is 0.767. The number of amides is 1. The van der Waals surface area contributed by atoms with Crippen molar-refractivity contribution < 1.29 is 4.79 Å². The van der Waals surface area contributed by atoms with Crippen LogP contribution in [0.2, 0.25) is 0 Å². The van der Waals surface area contributed by atoms with Gasteiger partial charge in [-0.2, -0.15) is 0 Å². The highest BCUT2D eigenvalue weighted by Crippen LogP contribution is 2.48. The Morgan fingerprint density at radius 3 is 2.40 bits per heavy atom. The van der Waals surface area contributed by atoms with Gasteiger partial charge >= 0.3 is 0 Å². The predicted octanol–water partition coefficient (Wildman–Crippen LogP) is 1.18. The molecule has 1 aliphatic heterocycles. The van der Waals surface area contributed by atoms with E-state index in [-0.39, 0.29) is 23.9 Å². The number of hydrogen-bond acceptors (Lipinski definition) is 2. The first-order valence-corrected chi connectivity index (χ1v) is 5.58. The van der Waals surface area contributed by atoms with Gasteiger partial charge < -0.3 is 10.6 Å². The molecule has 0 spiro atoms. The maximum absolute atomic E-state index is 11.9. The van der Waals surface area contributed by atoms with Gasteiger partial charge in [0, 0.05) is 11.5 Å². The fraction of sp³-hybridized carbons (Fsp3) is 0.909. The summed E-state index contributed by atoms with van der Waals surface area (Å²) in [6.07, 6.45) is 0.985. The van der Waals surface area contributed by atoms with Gasteiger partial charge in [0.2, 0.25) is 5.91 Å². The van der Waals surface area contributed by atoms with Crippen LogP contribution in [0.1, 0.15) is 27.2 Å². The molecule has 2 N–H and O–H groups in total. The lowest BCUT2D eigenvalue weighted by Crippen LogP contribution is -2.44. The van der Waals surface area contributed by atoms with E-state index in [2.05, 4.69) is 31.4 Å². The fourth-order valence-corrected chi connectivity index (χ4v) is 2.31. The molecule has 88 valence electrons. The monoisotopic (exact) mass is 232 g/mol. The van der Waals surface area contributed by atoms with Crippen molar-refractivity contribution in [3.8, 4) is 0 Å². The molecule has 1 heterocycles. The van der Waals surface area contributed by atoms with Gasteiger partial charge in [-0.05, 0) is 45.2 Å². The van der Waals surface area contributed by atoms with Crippen LogP contribution in [0.25, 0.3) is 0 Å². The molecule has 3 nitrogen and oxygen atoms in total. The van der Waals surface area contributed by atoms with Gasteiger partial charge in [0.25, 0.3) is 0 Å². The number of carbonyl (C=O) groups is 1. The third-order valence-electron chi connectivity index (χ3n) is 3.74. The van der Waals surface area contributed by atoms with E-state index in [4.69, 9.17) is 0 Å². The second-order valence-electron chi connectivity index (χ2n) is 5.24. The highest BCUT2D eigenvalue weighted by atomic mass is 35.5. The number of hydrogen-bond donors (Lipinski definition) is 2. The van der Waals surface area contributed by atoms with Crippen molar-refractivity contribution in [2.24, 2.45) is 17.8 Å². The van der Waals surface area contributed by atoms with E-state index in [1.165, 1.54) is 0 Å². The Bertz CT molecular complexity index is 245. The van der Waals surface area contributed by atoms with Crippen LogP contribution in [-0.2, 0) is 4.79 Å². The summed E-state index contributed by atoms with van der Waals surface area (Å²) in [7, 11) is 0. The predicted molar refractivity (Wildman–Crippen MR) is 63.1 cm³/mol. The van der Waals surface area contributed by atoms with Crippen molar-refractivity contribution >= 4 is 18.3 Å². The van der Waals surface area contributed by atoms with Crippen LogP contribution in [0.3, 0.4) is 0 Å². The molecule has 0 aromatic rings. The fourth-order valence-electron chi connectivity index (χ4n) is 2.31. The van der Waals surface area contributed by atoms with Crippen LogP contribution in [-0.4, -0.2) is 24.5 Å². The Hall–Kier alpha value is -0.280. The van der Waals surface area contributed by atoms with E-state index in [1.807, 2.05) is 0 Å². The Morgan fingerprint density at radius 1 is 1.40 bits per heavy atom. The summed E-state index contributed by atoms with van der Waals surface area (Å²) in [6.45, 7) is 8.35. The Labute approximate surface area is 97.8 Å². The number of fused-ring (bicyclic) bond motifs is 1. The number of carbonyl (C=O) groups excluding carboxylic acids is 1. The highest BCUT2D eigenvalue weighted by molar-refractivity contribution is 5.85. The van der Waals surface area contributed by atoms with E-state index in [9.17, 15) is 4.79 Å². The maximum atomic E-state index is 11.9. The first kappa shape index (κ1) is 12.8. The maximum Gasteiger partial charge on any atom is 0.224 e. The SMILES string of the molecule is CCC(C)(C)NC(=O)C1[C@H]2CNC[C@@H]12.Cl. The lowest BCUT2D eigenvalue weighted by Gasteiger charge is -2.25. The van der Waals surface area contributed by atoms with Crippen LogP contribution in [0.4, 0.5) is 0 Å². The second-order valence-corrected chi connectivity index (χ2v) is 5.24. The number of nitrogens with one attached hydrogen (secondary N) is 2. The Morgan fingerprint density at radius 2 is 1.93 bits per heavy atom. The van der Waals surface area contributed by atoms with Crippen molar-refractivity contribution in [2.45, 2.75) is 32.7 Å². The van der Waals surface area contributed by atoms with Gasteiger partial charge in [0.15, 0.2) is 0 Å². The van der Waals surface area contributed by atoms with Crippen LogP contribution < -0.4 is 10.6 Å². The van der Waals surface area contributed by atoms with Gasteiger partial charge in [-0.1, -0.05) is 6.92 Å². The summed E-state index contributed by atoms with van der Waals surface area (Å²) in [5.74, 6) is 1.83. The van der Waals surface area contributed by atoms with Gasteiger partial charge in [-0.25, -0.2) is 0 Å². The molecule has 1 aliphatic carbocycles.